The van der Waals surface area contributed by atoms with Gasteiger partial charge in [0.1, 0.15) is 5.69 Å². The Morgan fingerprint density at radius 1 is 1.43 bits per heavy atom. The van der Waals surface area contributed by atoms with Crippen LogP contribution in [-0.4, -0.2) is 35.8 Å². The number of amides is 1. The predicted octanol–water partition coefficient (Wildman–Crippen LogP) is 2.13. The van der Waals surface area contributed by atoms with E-state index in [1.165, 1.54) is 7.11 Å². The van der Waals surface area contributed by atoms with Gasteiger partial charge in [-0.25, -0.2) is 4.98 Å². The summed E-state index contributed by atoms with van der Waals surface area (Å²) in [6.07, 6.45) is 1.30. The highest BCUT2D eigenvalue weighted by molar-refractivity contribution is 5.98. The molecular formula is C16H20N2O3. The first kappa shape index (κ1) is 15.3. The number of nitrogens with zero attached hydrogens (tertiary/aromatic N) is 1. The lowest BCUT2D eigenvalue weighted by Crippen LogP contribution is -2.35. The van der Waals surface area contributed by atoms with Crippen LogP contribution in [0.3, 0.4) is 0 Å². The largest absolute Gasteiger partial charge is 0.481 e. The fourth-order valence-electron chi connectivity index (χ4n) is 2.23. The lowest BCUT2D eigenvalue weighted by molar-refractivity contribution is 0.0923. The van der Waals surface area contributed by atoms with Gasteiger partial charge in [0.15, 0.2) is 0 Å². The molecule has 112 valence electrons. The number of carbonyl (C=O) groups is 1. The second-order valence-corrected chi connectivity index (χ2v) is 4.83. The molecule has 2 N–H and O–H groups in total. The monoisotopic (exact) mass is 288 g/mol. The molecule has 0 radical (unpaired) electrons. The molecular weight excluding hydrogens is 268 g/mol. The van der Waals surface area contributed by atoms with Crippen molar-refractivity contribution in [1.29, 1.82) is 0 Å². The van der Waals surface area contributed by atoms with Gasteiger partial charge >= 0.3 is 0 Å². The molecule has 21 heavy (non-hydrogen) atoms. The molecule has 0 fully saturated rings. The Labute approximate surface area is 124 Å². The lowest BCUT2D eigenvalue weighted by atomic mass is 10.1. The minimum Gasteiger partial charge on any atom is -0.481 e. The average Bonchev–Trinajstić information content (AvgIpc) is 2.53. The third-order valence-corrected chi connectivity index (χ3v) is 3.44. The molecule has 0 saturated carbocycles. The standard InChI is InChI=1S/C16H20N2O3/c1-3-12(8-9-19)17-15(20)14-10-11-6-4-5-7-13(11)16(18-14)21-2/h4-7,10,12,19H,3,8-9H2,1-2H3,(H,17,20). The van der Waals surface area contributed by atoms with Gasteiger partial charge in [-0.3, -0.25) is 4.79 Å². The number of methoxy groups -OCH3 is 1. The van der Waals surface area contributed by atoms with Crippen molar-refractivity contribution in [2.45, 2.75) is 25.8 Å². The molecule has 1 amide bonds. The molecule has 5 nitrogen and oxygen atoms in total. The van der Waals surface area contributed by atoms with Crippen LogP contribution in [0.5, 0.6) is 5.88 Å². The Morgan fingerprint density at radius 2 is 2.19 bits per heavy atom. The summed E-state index contributed by atoms with van der Waals surface area (Å²) < 4.78 is 5.27. The summed E-state index contributed by atoms with van der Waals surface area (Å²) in [5, 5.41) is 13.7. The molecule has 1 aromatic heterocycles. The number of rotatable bonds is 6. The number of benzene rings is 1. The van der Waals surface area contributed by atoms with E-state index in [-0.39, 0.29) is 18.6 Å². The quantitative estimate of drug-likeness (QED) is 0.854. The van der Waals surface area contributed by atoms with E-state index in [1.807, 2.05) is 31.2 Å². The van der Waals surface area contributed by atoms with Crippen LogP contribution in [0.2, 0.25) is 0 Å². The van der Waals surface area contributed by atoms with Crippen LogP contribution in [0.25, 0.3) is 10.8 Å². The van der Waals surface area contributed by atoms with Gasteiger partial charge < -0.3 is 15.2 Å². The summed E-state index contributed by atoms with van der Waals surface area (Å²) >= 11 is 0. The second kappa shape index (κ2) is 7.04. The molecule has 1 unspecified atom stereocenters. The third-order valence-electron chi connectivity index (χ3n) is 3.44. The zero-order valence-corrected chi connectivity index (χ0v) is 12.3. The molecule has 1 aromatic carbocycles. The van der Waals surface area contributed by atoms with Crippen molar-refractivity contribution in [3.63, 3.8) is 0 Å². The number of ether oxygens (including phenoxy) is 1. The van der Waals surface area contributed by atoms with Crippen molar-refractivity contribution in [2.75, 3.05) is 13.7 Å². The minimum absolute atomic E-state index is 0.0489. The first-order valence-electron chi connectivity index (χ1n) is 7.05. The number of aliphatic hydroxyl groups excluding tert-OH is 1. The number of nitrogens with one attached hydrogen (secondary N) is 1. The van der Waals surface area contributed by atoms with Crippen LogP contribution in [0, 0.1) is 0 Å². The first-order chi connectivity index (χ1) is 10.2. The number of aromatic nitrogens is 1. The smallest absolute Gasteiger partial charge is 0.270 e. The van der Waals surface area contributed by atoms with Gasteiger partial charge in [0, 0.05) is 18.0 Å². The van der Waals surface area contributed by atoms with Gasteiger partial charge in [0.25, 0.3) is 5.91 Å². The molecule has 0 aliphatic carbocycles. The Kier molecular flexibility index (Phi) is 5.11. The van der Waals surface area contributed by atoms with E-state index < -0.39 is 0 Å². The Morgan fingerprint density at radius 3 is 2.86 bits per heavy atom. The van der Waals surface area contributed by atoms with Gasteiger partial charge in [-0.15, -0.1) is 0 Å². The lowest BCUT2D eigenvalue weighted by Gasteiger charge is -2.16. The Bertz CT molecular complexity index is 628. The molecule has 2 rings (SSSR count). The summed E-state index contributed by atoms with van der Waals surface area (Å²) in [4.78, 5) is 16.6. The van der Waals surface area contributed by atoms with Gasteiger partial charge in [0.2, 0.25) is 5.88 Å². The zero-order valence-electron chi connectivity index (χ0n) is 12.3. The highest BCUT2D eigenvalue weighted by Crippen LogP contribution is 2.24. The van der Waals surface area contributed by atoms with Crippen molar-refractivity contribution in [3.05, 3.63) is 36.0 Å². The number of aliphatic hydroxyl groups is 1. The third kappa shape index (κ3) is 3.49. The van der Waals surface area contributed by atoms with Gasteiger partial charge in [-0.05, 0) is 30.4 Å². The van der Waals surface area contributed by atoms with Crippen LogP contribution < -0.4 is 10.1 Å². The number of carbonyl (C=O) groups excluding carboxylic acids is 1. The second-order valence-electron chi connectivity index (χ2n) is 4.83. The summed E-state index contributed by atoms with van der Waals surface area (Å²) in [5.74, 6) is 0.188. The van der Waals surface area contributed by atoms with E-state index >= 15 is 0 Å². The highest BCUT2D eigenvalue weighted by atomic mass is 16.5. The Balaban J connectivity index is 2.31. The topological polar surface area (TPSA) is 71.5 Å². The SMILES string of the molecule is CCC(CCO)NC(=O)c1cc2ccccc2c(OC)n1. The maximum Gasteiger partial charge on any atom is 0.270 e. The van der Waals surface area contributed by atoms with E-state index in [9.17, 15) is 4.79 Å². The van der Waals surface area contributed by atoms with Crippen LogP contribution in [0.1, 0.15) is 30.3 Å². The van der Waals surface area contributed by atoms with E-state index in [0.29, 0.717) is 18.0 Å². The summed E-state index contributed by atoms with van der Waals surface area (Å²) in [5.41, 5.74) is 0.321. The van der Waals surface area contributed by atoms with Crippen LogP contribution in [-0.2, 0) is 0 Å². The van der Waals surface area contributed by atoms with Crippen LogP contribution >= 0.6 is 0 Å². The predicted molar refractivity (Wildman–Crippen MR) is 81.5 cm³/mol. The van der Waals surface area contributed by atoms with Gasteiger partial charge in [-0.1, -0.05) is 25.1 Å². The van der Waals surface area contributed by atoms with Crippen molar-refractivity contribution in [1.82, 2.24) is 10.3 Å². The molecule has 0 aliphatic heterocycles. The van der Waals surface area contributed by atoms with Crippen LogP contribution in [0.4, 0.5) is 0 Å². The molecule has 0 bridgehead atoms. The molecule has 1 heterocycles. The maximum atomic E-state index is 12.3. The highest BCUT2D eigenvalue weighted by Gasteiger charge is 2.15. The van der Waals surface area contributed by atoms with Crippen molar-refractivity contribution < 1.29 is 14.6 Å². The molecule has 5 heteroatoms. The molecule has 0 spiro atoms. The first-order valence-corrected chi connectivity index (χ1v) is 7.05. The number of hydrogen-bond donors (Lipinski definition) is 2. The summed E-state index contributed by atoms with van der Waals surface area (Å²) in [6.45, 7) is 2.02. The average molecular weight is 288 g/mol. The molecule has 1 atom stereocenters. The molecule has 2 aromatic rings. The van der Waals surface area contributed by atoms with E-state index in [2.05, 4.69) is 10.3 Å². The number of fused-ring (bicyclic) bond motifs is 1. The zero-order chi connectivity index (χ0) is 15.2. The van der Waals surface area contributed by atoms with Crippen molar-refractivity contribution in [3.8, 4) is 5.88 Å². The van der Waals surface area contributed by atoms with Crippen LogP contribution in [0.15, 0.2) is 30.3 Å². The normalized spacial score (nSPS) is 12.1. The molecule has 0 saturated heterocycles. The fourth-order valence-corrected chi connectivity index (χ4v) is 2.23. The van der Waals surface area contributed by atoms with Gasteiger partial charge in [-0.2, -0.15) is 0 Å². The number of hydrogen-bond acceptors (Lipinski definition) is 4. The van der Waals surface area contributed by atoms with E-state index in [1.54, 1.807) is 6.07 Å². The van der Waals surface area contributed by atoms with Crippen molar-refractivity contribution >= 4 is 16.7 Å². The summed E-state index contributed by atoms with van der Waals surface area (Å²) in [7, 11) is 1.54. The minimum atomic E-state index is -0.251. The maximum absolute atomic E-state index is 12.3. The van der Waals surface area contributed by atoms with Gasteiger partial charge in [0.05, 0.1) is 7.11 Å². The van der Waals surface area contributed by atoms with Crippen molar-refractivity contribution in [2.24, 2.45) is 0 Å². The Hall–Kier alpha value is -2.14. The van der Waals surface area contributed by atoms with E-state index in [4.69, 9.17) is 9.84 Å². The van der Waals surface area contributed by atoms with E-state index in [0.717, 1.165) is 17.2 Å². The summed E-state index contributed by atoms with van der Waals surface area (Å²) in [6, 6.07) is 9.33. The molecule has 0 aliphatic rings. The number of pyridine rings is 1. The fraction of sp³-hybridized carbons (Fsp3) is 0.375.